The van der Waals surface area contributed by atoms with Crippen molar-refractivity contribution >= 4 is 12.4 Å². The average Bonchev–Trinajstić information content (AvgIpc) is 3.10. The number of benzene rings is 1. The lowest BCUT2D eigenvalue weighted by molar-refractivity contribution is 0.155. The van der Waals surface area contributed by atoms with E-state index in [9.17, 15) is 0 Å². The highest BCUT2D eigenvalue weighted by Crippen LogP contribution is 2.23. The molecule has 1 aromatic carbocycles. The van der Waals surface area contributed by atoms with Crippen molar-refractivity contribution in [1.82, 2.24) is 20.4 Å². The van der Waals surface area contributed by atoms with Crippen LogP contribution in [0.1, 0.15) is 25.2 Å². The number of aromatic nitrogens is 2. The van der Waals surface area contributed by atoms with E-state index in [2.05, 4.69) is 20.4 Å². The van der Waals surface area contributed by atoms with Crippen LogP contribution in [0.4, 0.5) is 0 Å². The summed E-state index contributed by atoms with van der Waals surface area (Å²) >= 11 is 0. The molecule has 2 aromatic rings. The van der Waals surface area contributed by atoms with Crippen LogP contribution >= 0.6 is 12.4 Å². The summed E-state index contributed by atoms with van der Waals surface area (Å²) in [7, 11) is 3.68. The first-order valence-corrected chi connectivity index (χ1v) is 8.62. The van der Waals surface area contributed by atoms with Gasteiger partial charge in [-0.05, 0) is 76.1 Å². The molecule has 0 aliphatic carbocycles. The predicted molar refractivity (Wildman–Crippen MR) is 100 cm³/mol. The Morgan fingerprint density at radius 1 is 1.24 bits per heavy atom. The summed E-state index contributed by atoms with van der Waals surface area (Å²) < 4.78 is 10.6. The molecule has 0 radical (unpaired) electrons. The highest BCUT2D eigenvalue weighted by atomic mass is 35.5. The van der Waals surface area contributed by atoms with Crippen molar-refractivity contribution < 1.29 is 9.26 Å². The van der Waals surface area contributed by atoms with E-state index in [1.165, 1.54) is 19.3 Å². The van der Waals surface area contributed by atoms with Gasteiger partial charge >= 0.3 is 0 Å². The van der Waals surface area contributed by atoms with E-state index in [0.29, 0.717) is 11.7 Å². The van der Waals surface area contributed by atoms with Crippen molar-refractivity contribution in [3.05, 3.63) is 30.2 Å². The van der Waals surface area contributed by atoms with Crippen LogP contribution in [0.5, 0.6) is 5.75 Å². The van der Waals surface area contributed by atoms with E-state index >= 15 is 0 Å². The lowest BCUT2D eigenvalue weighted by atomic mass is 9.93. The molecule has 0 unspecified atom stereocenters. The SMILES string of the molecule is CNCCC1CCN(Cc2nc(-c3ccc(OC)cc3)no2)CC1.Cl. The fourth-order valence-corrected chi connectivity index (χ4v) is 3.15. The Bertz CT molecular complexity index is 624. The number of piperidine rings is 1. The van der Waals surface area contributed by atoms with Crippen molar-refractivity contribution in [3.63, 3.8) is 0 Å². The summed E-state index contributed by atoms with van der Waals surface area (Å²) in [6, 6.07) is 7.70. The van der Waals surface area contributed by atoms with Crippen LogP contribution in [0, 0.1) is 5.92 Å². The molecule has 7 heteroatoms. The van der Waals surface area contributed by atoms with Gasteiger partial charge in [-0.1, -0.05) is 5.16 Å². The first-order chi connectivity index (χ1) is 11.8. The normalized spacial score (nSPS) is 15.8. The van der Waals surface area contributed by atoms with Crippen LogP contribution in [0.3, 0.4) is 0 Å². The fraction of sp³-hybridized carbons (Fsp3) is 0.556. The highest BCUT2D eigenvalue weighted by Gasteiger charge is 2.20. The van der Waals surface area contributed by atoms with Crippen LogP contribution in [0.15, 0.2) is 28.8 Å². The van der Waals surface area contributed by atoms with Gasteiger partial charge in [0.1, 0.15) is 5.75 Å². The standard InChI is InChI=1S/C18H26N4O2.ClH/c1-19-10-7-14-8-11-22(12-9-14)13-17-20-18(21-24-17)15-3-5-16(23-2)6-4-15;/h3-6,14,19H,7-13H2,1-2H3;1H. The summed E-state index contributed by atoms with van der Waals surface area (Å²) in [5.41, 5.74) is 0.941. The maximum Gasteiger partial charge on any atom is 0.241 e. The first kappa shape index (κ1) is 19.7. The third-order valence-electron chi connectivity index (χ3n) is 4.68. The number of hydrogen-bond acceptors (Lipinski definition) is 6. The van der Waals surface area contributed by atoms with Crippen molar-refractivity contribution in [1.29, 1.82) is 0 Å². The van der Waals surface area contributed by atoms with Crippen LogP contribution in [0.2, 0.25) is 0 Å². The molecule has 0 amide bonds. The third-order valence-corrected chi connectivity index (χ3v) is 4.68. The molecule has 1 aromatic heterocycles. The molecule has 2 heterocycles. The van der Waals surface area contributed by atoms with Gasteiger partial charge in [-0.15, -0.1) is 12.4 Å². The van der Waals surface area contributed by atoms with Crippen molar-refractivity contribution in [3.8, 4) is 17.1 Å². The number of nitrogens with zero attached hydrogens (tertiary/aromatic N) is 3. The van der Waals surface area contributed by atoms with Crippen LogP contribution in [0.25, 0.3) is 11.4 Å². The van der Waals surface area contributed by atoms with Gasteiger partial charge in [0, 0.05) is 5.56 Å². The number of likely N-dealkylation sites (tertiary alicyclic amines) is 1. The smallest absolute Gasteiger partial charge is 0.241 e. The minimum atomic E-state index is 0. The van der Waals surface area contributed by atoms with Crippen LogP contribution in [-0.2, 0) is 6.54 Å². The quantitative estimate of drug-likeness (QED) is 0.812. The maximum absolute atomic E-state index is 5.43. The minimum Gasteiger partial charge on any atom is -0.497 e. The lowest BCUT2D eigenvalue weighted by Gasteiger charge is -2.30. The van der Waals surface area contributed by atoms with Crippen molar-refractivity contribution in [2.75, 3.05) is 33.8 Å². The van der Waals surface area contributed by atoms with Crippen molar-refractivity contribution in [2.24, 2.45) is 5.92 Å². The molecule has 1 saturated heterocycles. The molecule has 1 N–H and O–H groups in total. The number of nitrogens with one attached hydrogen (secondary N) is 1. The van der Waals surface area contributed by atoms with Gasteiger partial charge in [-0.2, -0.15) is 4.98 Å². The highest BCUT2D eigenvalue weighted by molar-refractivity contribution is 5.85. The fourth-order valence-electron chi connectivity index (χ4n) is 3.15. The molecule has 1 fully saturated rings. The molecule has 3 rings (SSSR count). The summed E-state index contributed by atoms with van der Waals surface area (Å²) in [5.74, 6) is 2.99. The largest absolute Gasteiger partial charge is 0.497 e. The first-order valence-electron chi connectivity index (χ1n) is 8.62. The van der Waals surface area contributed by atoms with E-state index in [1.54, 1.807) is 7.11 Å². The maximum atomic E-state index is 5.43. The van der Waals surface area contributed by atoms with Gasteiger partial charge in [-0.25, -0.2) is 0 Å². The minimum absolute atomic E-state index is 0. The molecule has 1 aliphatic heterocycles. The molecule has 0 atom stereocenters. The Balaban J connectivity index is 0.00000225. The molecule has 0 bridgehead atoms. The van der Waals surface area contributed by atoms with E-state index in [4.69, 9.17) is 9.26 Å². The Hall–Kier alpha value is -1.63. The summed E-state index contributed by atoms with van der Waals surface area (Å²) in [6.45, 7) is 4.06. The van der Waals surface area contributed by atoms with Gasteiger partial charge < -0.3 is 14.6 Å². The van der Waals surface area contributed by atoms with E-state index in [-0.39, 0.29) is 12.4 Å². The average molecular weight is 367 g/mol. The topological polar surface area (TPSA) is 63.4 Å². The Kier molecular flexibility index (Phi) is 7.68. The molecule has 25 heavy (non-hydrogen) atoms. The Labute approximate surface area is 155 Å². The molecule has 138 valence electrons. The molecule has 0 spiro atoms. The van der Waals surface area contributed by atoms with Gasteiger partial charge in [-0.3, -0.25) is 4.90 Å². The van der Waals surface area contributed by atoms with Crippen molar-refractivity contribution in [2.45, 2.75) is 25.8 Å². The molecule has 0 saturated carbocycles. The summed E-state index contributed by atoms with van der Waals surface area (Å²) in [6.07, 6.45) is 3.77. The Morgan fingerprint density at radius 2 is 1.96 bits per heavy atom. The van der Waals surface area contributed by atoms with Crippen LogP contribution < -0.4 is 10.1 Å². The van der Waals surface area contributed by atoms with Gasteiger partial charge in [0.2, 0.25) is 11.7 Å². The number of methoxy groups -OCH3 is 1. The van der Waals surface area contributed by atoms with Gasteiger partial charge in [0.25, 0.3) is 0 Å². The number of rotatable bonds is 7. The molecule has 1 aliphatic rings. The number of ether oxygens (including phenoxy) is 1. The number of hydrogen-bond donors (Lipinski definition) is 1. The zero-order chi connectivity index (χ0) is 16.8. The monoisotopic (exact) mass is 366 g/mol. The molecular formula is C18H27ClN4O2. The van der Waals surface area contributed by atoms with Gasteiger partial charge in [0.05, 0.1) is 13.7 Å². The summed E-state index contributed by atoms with van der Waals surface area (Å²) in [4.78, 5) is 6.93. The molecule has 6 nitrogen and oxygen atoms in total. The number of halogens is 1. The zero-order valence-corrected chi connectivity index (χ0v) is 15.7. The predicted octanol–water partition coefficient (Wildman–Crippen LogP) is 2.99. The second-order valence-electron chi connectivity index (χ2n) is 6.35. The van der Waals surface area contributed by atoms with Gasteiger partial charge in [0.15, 0.2) is 0 Å². The summed E-state index contributed by atoms with van der Waals surface area (Å²) in [5, 5.41) is 7.34. The lowest BCUT2D eigenvalue weighted by Crippen LogP contribution is -2.34. The van der Waals surface area contributed by atoms with Crippen LogP contribution in [-0.4, -0.2) is 48.8 Å². The third kappa shape index (κ3) is 5.42. The second kappa shape index (κ2) is 9.75. The van der Waals surface area contributed by atoms with E-state index in [0.717, 1.165) is 43.4 Å². The Morgan fingerprint density at radius 3 is 2.60 bits per heavy atom. The van der Waals surface area contributed by atoms with E-state index < -0.39 is 0 Å². The van der Waals surface area contributed by atoms with E-state index in [1.807, 2.05) is 31.3 Å². The molecular weight excluding hydrogens is 340 g/mol. The second-order valence-corrected chi connectivity index (χ2v) is 6.35. The zero-order valence-electron chi connectivity index (χ0n) is 14.9.